The lowest BCUT2D eigenvalue weighted by atomic mass is 10.1. The zero-order chi connectivity index (χ0) is 10.6. The summed E-state index contributed by atoms with van der Waals surface area (Å²) in [4.78, 5) is 11.6. The van der Waals surface area contributed by atoms with Crippen molar-refractivity contribution in [2.45, 2.75) is 44.6 Å². The summed E-state index contributed by atoms with van der Waals surface area (Å²) in [6.07, 6.45) is 3.07. The van der Waals surface area contributed by atoms with Crippen molar-refractivity contribution in [2.24, 2.45) is 5.92 Å². The summed E-state index contributed by atoms with van der Waals surface area (Å²) in [5.74, 6) is 0.675. The first-order valence-electron chi connectivity index (χ1n) is 5.23. The van der Waals surface area contributed by atoms with Gasteiger partial charge in [0.15, 0.2) is 0 Å². The maximum absolute atomic E-state index is 11.6. The van der Waals surface area contributed by atoms with E-state index >= 15 is 0 Å². The first-order valence-corrected chi connectivity index (χ1v) is 5.75. The lowest BCUT2D eigenvalue weighted by Crippen LogP contribution is -2.39. The SMILES string of the molecule is CCOC(CC1CC1)C(=O)NC(C)S. The lowest BCUT2D eigenvalue weighted by Gasteiger charge is -2.17. The van der Waals surface area contributed by atoms with E-state index in [1.165, 1.54) is 12.8 Å². The van der Waals surface area contributed by atoms with Crippen LogP contribution in [0.4, 0.5) is 0 Å². The van der Waals surface area contributed by atoms with Gasteiger partial charge in [-0.25, -0.2) is 0 Å². The largest absolute Gasteiger partial charge is 0.369 e. The molecule has 0 radical (unpaired) electrons. The zero-order valence-corrected chi connectivity index (χ0v) is 9.72. The quantitative estimate of drug-likeness (QED) is 0.524. The van der Waals surface area contributed by atoms with Crippen LogP contribution in [0.3, 0.4) is 0 Å². The number of nitrogens with one attached hydrogen (secondary N) is 1. The average molecular weight is 217 g/mol. The number of carbonyl (C=O) groups is 1. The average Bonchev–Trinajstić information content (AvgIpc) is 2.86. The van der Waals surface area contributed by atoms with Crippen LogP contribution in [0.15, 0.2) is 0 Å². The molecule has 4 heteroatoms. The van der Waals surface area contributed by atoms with Crippen LogP contribution in [0.5, 0.6) is 0 Å². The molecule has 0 aromatic heterocycles. The van der Waals surface area contributed by atoms with Gasteiger partial charge in [-0.2, -0.15) is 12.6 Å². The molecule has 0 aromatic rings. The normalized spacial score (nSPS) is 20.2. The third-order valence-corrected chi connectivity index (χ3v) is 2.38. The predicted molar refractivity (Wildman–Crippen MR) is 59.3 cm³/mol. The van der Waals surface area contributed by atoms with Gasteiger partial charge in [0.05, 0.1) is 5.37 Å². The fourth-order valence-corrected chi connectivity index (χ4v) is 1.53. The maximum Gasteiger partial charge on any atom is 0.249 e. The van der Waals surface area contributed by atoms with E-state index in [1.807, 2.05) is 13.8 Å². The maximum atomic E-state index is 11.6. The Morgan fingerprint density at radius 2 is 2.29 bits per heavy atom. The zero-order valence-electron chi connectivity index (χ0n) is 8.82. The van der Waals surface area contributed by atoms with Crippen molar-refractivity contribution in [3.05, 3.63) is 0 Å². The molecule has 1 amide bonds. The molecule has 0 spiro atoms. The molecule has 1 N–H and O–H groups in total. The Morgan fingerprint density at radius 3 is 2.71 bits per heavy atom. The van der Waals surface area contributed by atoms with Crippen LogP contribution in [0.1, 0.15) is 33.1 Å². The monoisotopic (exact) mass is 217 g/mol. The Kier molecular flexibility index (Phi) is 4.75. The highest BCUT2D eigenvalue weighted by Crippen LogP contribution is 2.34. The minimum absolute atomic E-state index is 0.0266. The van der Waals surface area contributed by atoms with E-state index in [-0.39, 0.29) is 17.4 Å². The molecule has 0 bridgehead atoms. The second-order valence-corrected chi connectivity index (χ2v) is 4.58. The van der Waals surface area contributed by atoms with Crippen molar-refractivity contribution in [1.82, 2.24) is 5.32 Å². The third kappa shape index (κ3) is 4.33. The summed E-state index contributed by atoms with van der Waals surface area (Å²) < 4.78 is 5.41. The molecule has 1 rings (SSSR count). The Morgan fingerprint density at radius 1 is 1.64 bits per heavy atom. The molecule has 3 nitrogen and oxygen atoms in total. The first-order chi connectivity index (χ1) is 6.63. The highest BCUT2D eigenvalue weighted by Gasteiger charge is 2.29. The lowest BCUT2D eigenvalue weighted by molar-refractivity contribution is -0.133. The Labute approximate surface area is 91.0 Å². The number of amides is 1. The van der Waals surface area contributed by atoms with Crippen LogP contribution in [0, 0.1) is 5.92 Å². The van der Waals surface area contributed by atoms with Gasteiger partial charge in [0.1, 0.15) is 6.10 Å². The molecule has 2 atom stereocenters. The van der Waals surface area contributed by atoms with Gasteiger partial charge in [0, 0.05) is 6.61 Å². The Balaban J connectivity index is 2.34. The van der Waals surface area contributed by atoms with Crippen LogP contribution in [0.25, 0.3) is 0 Å². The van der Waals surface area contributed by atoms with Crippen molar-refractivity contribution in [3.63, 3.8) is 0 Å². The molecular formula is C10H19NO2S. The van der Waals surface area contributed by atoms with E-state index in [1.54, 1.807) is 0 Å². The van der Waals surface area contributed by atoms with Crippen LogP contribution >= 0.6 is 12.6 Å². The van der Waals surface area contributed by atoms with Crippen molar-refractivity contribution < 1.29 is 9.53 Å². The predicted octanol–water partition coefficient (Wildman–Crippen LogP) is 1.58. The molecule has 82 valence electrons. The van der Waals surface area contributed by atoms with Crippen molar-refractivity contribution in [3.8, 4) is 0 Å². The second kappa shape index (κ2) is 5.61. The van der Waals surface area contributed by atoms with Gasteiger partial charge in [-0.05, 0) is 26.2 Å². The number of rotatable bonds is 6. The Hall–Kier alpha value is -0.220. The van der Waals surface area contributed by atoms with Gasteiger partial charge in [0.25, 0.3) is 0 Å². The van der Waals surface area contributed by atoms with E-state index in [9.17, 15) is 4.79 Å². The van der Waals surface area contributed by atoms with Crippen molar-refractivity contribution in [1.29, 1.82) is 0 Å². The number of ether oxygens (including phenoxy) is 1. The van der Waals surface area contributed by atoms with Crippen LogP contribution in [-0.4, -0.2) is 24.0 Å². The van der Waals surface area contributed by atoms with Gasteiger partial charge in [-0.15, -0.1) is 0 Å². The smallest absolute Gasteiger partial charge is 0.249 e. The number of thiol groups is 1. The molecule has 14 heavy (non-hydrogen) atoms. The van der Waals surface area contributed by atoms with Crippen molar-refractivity contribution in [2.75, 3.05) is 6.61 Å². The summed E-state index contributed by atoms with van der Waals surface area (Å²) >= 11 is 4.12. The molecule has 0 aromatic carbocycles. The summed E-state index contributed by atoms with van der Waals surface area (Å²) in [6.45, 7) is 4.34. The number of hydrogen-bond donors (Lipinski definition) is 2. The summed E-state index contributed by atoms with van der Waals surface area (Å²) in [7, 11) is 0. The summed E-state index contributed by atoms with van der Waals surface area (Å²) in [6, 6.07) is 0. The standard InChI is InChI=1S/C10H19NO2S/c1-3-13-9(6-8-4-5-8)10(12)11-7(2)14/h7-9,14H,3-6H2,1-2H3,(H,11,12). The number of hydrogen-bond acceptors (Lipinski definition) is 3. The van der Waals surface area contributed by atoms with Gasteiger partial charge in [0.2, 0.25) is 5.91 Å². The topological polar surface area (TPSA) is 38.3 Å². The Bertz CT molecular complexity index is 193. The molecule has 1 saturated carbocycles. The van der Waals surface area contributed by atoms with E-state index < -0.39 is 0 Å². The summed E-state index contributed by atoms with van der Waals surface area (Å²) in [5.41, 5.74) is 0. The van der Waals surface area contributed by atoms with E-state index in [0.717, 1.165) is 6.42 Å². The molecule has 0 aliphatic heterocycles. The molecule has 1 aliphatic rings. The van der Waals surface area contributed by atoms with Gasteiger partial charge in [-0.1, -0.05) is 12.8 Å². The third-order valence-electron chi connectivity index (χ3n) is 2.26. The fraction of sp³-hybridized carbons (Fsp3) is 0.900. The van der Waals surface area contributed by atoms with E-state index in [2.05, 4.69) is 17.9 Å². The van der Waals surface area contributed by atoms with Gasteiger partial charge < -0.3 is 10.1 Å². The van der Waals surface area contributed by atoms with Crippen LogP contribution in [0.2, 0.25) is 0 Å². The molecular weight excluding hydrogens is 198 g/mol. The van der Waals surface area contributed by atoms with Crippen molar-refractivity contribution >= 4 is 18.5 Å². The van der Waals surface area contributed by atoms with E-state index in [4.69, 9.17) is 4.74 Å². The second-order valence-electron chi connectivity index (χ2n) is 3.81. The van der Waals surface area contributed by atoms with Gasteiger partial charge >= 0.3 is 0 Å². The molecule has 2 unspecified atom stereocenters. The molecule has 1 fully saturated rings. The fourth-order valence-electron chi connectivity index (χ4n) is 1.41. The molecule has 0 saturated heterocycles. The summed E-state index contributed by atoms with van der Waals surface area (Å²) in [5, 5.41) is 2.65. The van der Waals surface area contributed by atoms with Crippen LogP contribution in [-0.2, 0) is 9.53 Å². The van der Waals surface area contributed by atoms with E-state index in [0.29, 0.717) is 12.5 Å². The molecule has 1 aliphatic carbocycles. The minimum Gasteiger partial charge on any atom is -0.369 e. The van der Waals surface area contributed by atoms with Gasteiger partial charge in [-0.3, -0.25) is 4.79 Å². The highest BCUT2D eigenvalue weighted by atomic mass is 32.1. The molecule has 0 heterocycles. The minimum atomic E-state index is -0.276. The first kappa shape index (κ1) is 11.9. The number of carbonyl (C=O) groups excluding carboxylic acids is 1. The van der Waals surface area contributed by atoms with Crippen LogP contribution < -0.4 is 5.32 Å². The highest BCUT2D eigenvalue weighted by molar-refractivity contribution is 7.80.